The van der Waals surface area contributed by atoms with Gasteiger partial charge in [-0.3, -0.25) is 4.79 Å². The van der Waals surface area contributed by atoms with E-state index in [2.05, 4.69) is 21.2 Å². The number of aliphatic hydroxyl groups excluding tert-OH is 1. The molecule has 0 unspecified atom stereocenters. The molecule has 1 aliphatic carbocycles. The van der Waals surface area contributed by atoms with Gasteiger partial charge in [0.15, 0.2) is 0 Å². The predicted octanol–water partition coefficient (Wildman–Crippen LogP) is 3.19. The molecule has 0 aliphatic heterocycles. The van der Waals surface area contributed by atoms with Crippen LogP contribution in [0.25, 0.3) is 0 Å². The van der Waals surface area contributed by atoms with Gasteiger partial charge in [0.25, 0.3) is 0 Å². The van der Waals surface area contributed by atoms with E-state index in [1.807, 2.05) is 0 Å². The Kier molecular flexibility index (Phi) is 6.18. The number of aryl methyl sites for hydroxylation is 1. The molecular weight excluding hydrogens is 337 g/mol. The molecular formula is C16H21BrFNO2. The minimum absolute atomic E-state index is 0.0611. The van der Waals surface area contributed by atoms with Gasteiger partial charge < -0.3 is 10.4 Å². The lowest BCUT2D eigenvalue weighted by molar-refractivity contribution is -0.122. The van der Waals surface area contributed by atoms with Crippen molar-refractivity contribution in [3.05, 3.63) is 34.1 Å². The number of hydrogen-bond acceptors (Lipinski definition) is 2. The van der Waals surface area contributed by atoms with Crippen LogP contribution in [0.2, 0.25) is 0 Å². The van der Waals surface area contributed by atoms with Crippen LogP contribution >= 0.6 is 15.9 Å². The Morgan fingerprint density at radius 2 is 2.14 bits per heavy atom. The average Bonchev–Trinajstić information content (AvgIpc) is 2.47. The molecule has 1 aromatic carbocycles. The summed E-state index contributed by atoms with van der Waals surface area (Å²) >= 11 is 3.21. The molecule has 0 heterocycles. The summed E-state index contributed by atoms with van der Waals surface area (Å²) < 4.78 is 14.4. The first-order chi connectivity index (χ1) is 10.1. The number of carbonyl (C=O) groups excluding carboxylic acids is 1. The Hall–Kier alpha value is -0.940. The summed E-state index contributed by atoms with van der Waals surface area (Å²) in [5.74, 6) is -0.196. The summed E-state index contributed by atoms with van der Waals surface area (Å²) in [5.41, 5.74) is 0.552. The van der Waals surface area contributed by atoms with Gasteiger partial charge in [-0.25, -0.2) is 4.39 Å². The quantitative estimate of drug-likeness (QED) is 0.849. The molecule has 0 saturated heterocycles. The number of rotatable bonds is 5. The van der Waals surface area contributed by atoms with Gasteiger partial charge >= 0.3 is 0 Å². The van der Waals surface area contributed by atoms with Crippen molar-refractivity contribution < 1.29 is 14.3 Å². The van der Waals surface area contributed by atoms with E-state index >= 15 is 0 Å². The average molecular weight is 358 g/mol. The summed E-state index contributed by atoms with van der Waals surface area (Å²) in [6.45, 7) is 0.117. The van der Waals surface area contributed by atoms with Crippen LogP contribution in [0.4, 0.5) is 4.39 Å². The summed E-state index contributed by atoms with van der Waals surface area (Å²) in [4.78, 5) is 12.0. The highest BCUT2D eigenvalue weighted by Gasteiger charge is 2.25. The molecule has 116 valence electrons. The number of hydrogen-bond donors (Lipinski definition) is 2. The number of benzene rings is 1. The van der Waals surface area contributed by atoms with Crippen LogP contribution in [0.3, 0.4) is 0 Å². The highest BCUT2D eigenvalue weighted by atomic mass is 79.9. The minimum atomic E-state index is -0.289. The molecule has 5 heteroatoms. The smallest absolute Gasteiger partial charge is 0.220 e. The zero-order valence-corrected chi connectivity index (χ0v) is 13.5. The summed E-state index contributed by atoms with van der Waals surface area (Å²) in [7, 11) is 0. The topological polar surface area (TPSA) is 49.3 Å². The van der Waals surface area contributed by atoms with Crippen LogP contribution in [0.5, 0.6) is 0 Å². The Balaban J connectivity index is 1.84. The van der Waals surface area contributed by atoms with Crippen molar-refractivity contribution in [2.75, 3.05) is 6.61 Å². The molecule has 1 aliphatic rings. The largest absolute Gasteiger partial charge is 0.396 e. The molecule has 1 fully saturated rings. The van der Waals surface area contributed by atoms with E-state index in [-0.39, 0.29) is 36.7 Å². The van der Waals surface area contributed by atoms with Crippen LogP contribution in [0.15, 0.2) is 22.7 Å². The maximum Gasteiger partial charge on any atom is 0.220 e. The predicted molar refractivity (Wildman–Crippen MR) is 83.4 cm³/mol. The monoisotopic (exact) mass is 357 g/mol. The van der Waals surface area contributed by atoms with Crippen molar-refractivity contribution in [3.63, 3.8) is 0 Å². The molecule has 0 radical (unpaired) electrons. The van der Waals surface area contributed by atoms with Crippen molar-refractivity contribution in [1.29, 1.82) is 0 Å². The van der Waals surface area contributed by atoms with Gasteiger partial charge in [-0.15, -0.1) is 0 Å². The second-order valence-corrected chi connectivity index (χ2v) is 6.55. The lowest BCUT2D eigenvalue weighted by Crippen LogP contribution is -2.43. The van der Waals surface area contributed by atoms with Crippen LogP contribution in [-0.2, 0) is 11.2 Å². The maximum absolute atomic E-state index is 13.7. The molecule has 2 rings (SSSR count). The third kappa shape index (κ3) is 4.78. The standard InChI is InChI=1S/C16H21BrFNO2/c17-13-7-5-11(14(18)9-13)6-8-16(21)19-15-4-2-1-3-12(15)10-20/h5,7,9,12,15,20H,1-4,6,8,10H2,(H,19,21)/t12-,15+/m1/s1. The summed E-state index contributed by atoms with van der Waals surface area (Å²) in [5, 5.41) is 12.3. The summed E-state index contributed by atoms with van der Waals surface area (Å²) in [6.07, 6.45) is 4.74. The molecule has 0 spiro atoms. The van der Waals surface area contributed by atoms with Crippen molar-refractivity contribution in [1.82, 2.24) is 5.32 Å². The van der Waals surface area contributed by atoms with Crippen LogP contribution in [-0.4, -0.2) is 23.7 Å². The van der Waals surface area contributed by atoms with E-state index in [0.29, 0.717) is 16.5 Å². The van der Waals surface area contributed by atoms with E-state index in [0.717, 1.165) is 25.7 Å². The Bertz CT molecular complexity index is 495. The highest BCUT2D eigenvalue weighted by molar-refractivity contribution is 9.10. The van der Waals surface area contributed by atoms with E-state index in [9.17, 15) is 14.3 Å². The van der Waals surface area contributed by atoms with Crippen molar-refractivity contribution >= 4 is 21.8 Å². The lowest BCUT2D eigenvalue weighted by Gasteiger charge is -2.30. The number of aliphatic hydroxyl groups is 1. The van der Waals surface area contributed by atoms with Crippen LogP contribution in [0.1, 0.15) is 37.7 Å². The fourth-order valence-corrected chi connectivity index (χ4v) is 3.20. The SMILES string of the molecule is O=C(CCc1ccc(Br)cc1F)N[C@H]1CCCC[C@@H]1CO. The second-order valence-electron chi connectivity index (χ2n) is 5.64. The summed E-state index contributed by atoms with van der Waals surface area (Å²) in [6, 6.07) is 4.95. The van der Waals surface area contributed by atoms with Crippen LogP contribution in [0, 0.1) is 11.7 Å². The number of nitrogens with one attached hydrogen (secondary N) is 1. The molecule has 1 aromatic rings. The minimum Gasteiger partial charge on any atom is -0.396 e. The fraction of sp³-hybridized carbons (Fsp3) is 0.562. The van der Waals surface area contributed by atoms with Gasteiger partial charge in [-0.05, 0) is 37.0 Å². The van der Waals surface area contributed by atoms with Crippen molar-refractivity contribution in [2.24, 2.45) is 5.92 Å². The first-order valence-electron chi connectivity index (χ1n) is 7.44. The maximum atomic E-state index is 13.7. The van der Waals surface area contributed by atoms with E-state index < -0.39 is 0 Å². The Labute approximate surface area is 133 Å². The molecule has 21 heavy (non-hydrogen) atoms. The third-order valence-electron chi connectivity index (χ3n) is 4.13. The number of amides is 1. The number of carbonyl (C=O) groups is 1. The molecule has 1 amide bonds. The Morgan fingerprint density at radius 1 is 1.38 bits per heavy atom. The van der Waals surface area contributed by atoms with Crippen molar-refractivity contribution in [3.8, 4) is 0 Å². The van der Waals surface area contributed by atoms with E-state index in [1.165, 1.54) is 6.07 Å². The van der Waals surface area contributed by atoms with Gasteiger partial charge in [0, 0.05) is 29.5 Å². The van der Waals surface area contributed by atoms with E-state index in [4.69, 9.17) is 0 Å². The molecule has 3 nitrogen and oxygen atoms in total. The zero-order valence-electron chi connectivity index (χ0n) is 11.9. The highest BCUT2D eigenvalue weighted by Crippen LogP contribution is 2.24. The first-order valence-corrected chi connectivity index (χ1v) is 8.23. The molecule has 0 bridgehead atoms. The second kappa shape index (κ2) is 7.90. The molecule has 0 aromatic heterocycles. The number of halogens is 2. The third-order valence-corrected chi connectivity index (χ3v) is 4.62. The van der Waals surface area contributed by atoms with E-state index in [1.54, 1.807) is 12.1 Å². The molecule has 1 saturated carbocycles. The Morgan fingerprint density at radius 3 is 2.86 bits per heavy atom. The van der Waals surface area contributed by atoms with Gasteiger partial charge in [0.05, 0.1) is 0 Å². The molecule has 2 N–H and O–H groups in total. The van der Waals surface area contributed by atoms with Gasteiger partial charge in [-0.1, -0.05) is 34.8 Å². The molecule has 2 atom stereocenters. The van der Waals surface area contributed by atoms with Crippen molar-refractivity contribution in [2.45, 2.75) is 44.6 Å². The van der Waals surface area contributed by atoms with Gasteiger partial charge in [-0.2, -0.15) is 0 Å². The van der Waals surface area contributed by atoms with Crippen LogP contribution < -0.4 is 5.32 Å². The van der Waals surface area contributed by atoms with Gasteiger partial charge in [0.1, 0.15) is 5.82 Å². The fourth-order valence-electron chi connectivity index (χ4n) is 2.87. The first kappa shape index (κ1) is 16.4. The zero-order chi connectivity index (χ0) is 15.2. The van der Waals surface area contributed by atoms with Gasteiger partial charge in [0.2, 0.25) is 5.91 Å². The normalized spacial score (nSPS) is 22.0. The lowest BCUT2D eigenvalue weighted by atomic mass is 9.85.